The predicted molar refractivity (Wildman–Crippen MR) is 115 cm³/mol. The summed E-state index contributed by atoms with van der Waals surface area (Å²) in [5.41, 5.74) is 1.43. The van der Waals surface area contributed by atoms with Crippen molar-refractivity contribution in [1.29, 1.82) is 0 Å². The van der Waals surface area contributed by atoms with Gasteiger partial charge < -0.3 is 19.3 Å². The minimum atomic E-state index is -1.01. The lowest BCUT2D eigenvalue weighted by atomic mass is 10.1. The van der Waals surface area contributed by atoms with Gasteiger partial charge in [-0.15, -0.1) is 0 Å². The molecule has 0 spiro atoms. The maximum Gasteiger partial charge on any atom is 0.335 e. The van der Waals surface area contributed by atoms with Crippen LogP contribution in [0, 0.1) is 0 Å². The second-order valence-electron chi connectivity index (χ2n) is 6.18. The van der Waals surface area contributed by atoms with E-state index >= 15 is 0 Å². The number of carboxylic acid groups (broad SMARTS) is 1. The predicted octanol–water partition coefficient (Wildman–Crippen LogP) is 3.64. The molecule has 9 heteroatoms. The van der Waals surface area contributed by atoms with E-state index in [1.807, 2.05) is 0 Å². The van der Waals surface area contributed by atoms with Gasteiger partial charge in [-0.1, -0.05) is 0 Å². The summed E-state index contributed by atoms with van der Waals surface area (Å²) in [7, 11) is 6.21. The van der Waals surface area contributed by atoms with E-state index in [-0.39, 0.29) is 11.5 Å². The summed E-state index contributed by atoms with van der Waals surface area (Å²) in [6.07, 6.45) is 1.73. The second kappa shape index (κ2) is 8.91. The highest BCUT2D eigenvalue weighted by Gasteiger charge is 2.30. The molecular weight excluding hydrogens is 408 g/mol. The molecule has 2 aromatic carbocycles. The smallest absolute Gasteiger partial charge is 0.335 e. The van der Waals surface area contributed by atoms with Gasteiger partial charge in [0.25, 0.3) is 5.91 Å². The van der Waals surface area contributed by atoms with Gasteiger partial charge in [-0.25, -0.2) is 9.79 Å². The zero-order valence-corrected chi connectivity index (χ0v) is 17.6. The Hall–Kier alpha value is -3.46. The zero-order chi connectivity index (χ0) is 21.8. The van der Waals surface area contributed by atoms with Crippen molar-refractivity contribution in [2.75, 3.05) is 28.4 Å². The van der Waals surface area contributed by atoms with Crippen LogP contribution < -0.4 is 14.2 Å². The first-order valence-corrected chi connectivity index (χ1v) is 9.59. The quantitative estimate of drug-likeness (QED) is 0.702. The third kappa shape index (κ3) is 4.25. The van der Waals surface area contributed by atoms with Gasteiger partial charge in [0.15, 0.2) is 16.7 Å². The number of likely N-dealkylation sites (N-methyl/N-ethyl adjacent to an activating group) is 1. The van der Waals surface area contributed by atoms with Gasteiger partial charge >= 0.3 is 5.97 Å². The number of carbonyl (C=O) groups is 2. The van der Waals surface area contributed by atoms with Crippen LogP contribution in [0.2, 0.25) is 0 Å². The van der Waals surface area contributed by atoms with Gasteiger partial charge in [0.2, 0.25) is 5.75 Å². The molecule has 1 aliphatic heterocycles. The largest absolute Gasteiger partial charge is 0.493 e. The molecule has 0 radical (unpaired) electrons. The van der Waals surface area contributed by atoms with Crippen molar-refractivity contribution < 1.29 is 28.9 Å². The van der Waals surface area contributed by atoms with E-state index in [1.54, 1.807) is 37.4 Å². The highest BCUT2D eigenvalue weighted by atomic mass is 32.2. The Bertz CT molecular complexity index is 1020. The van der Waals surface area contributed by atoms with Gasteiger partial charge in [-0.3, -0.25) is 9.69 Å². The monoisotopic (exact) mass is 428 g/mol. The normalized spacial score (nSPS) is 16.3. The molecule has 1 aliphatic rings. The molecule has 156 valence electrons. The van der Waals surface area contributed by atoms with Crippen molar-refractivity contribution in [2.45, 2.75) is 0 Å². The van der Waals surface area contributed by atoms with Crippen LogP contribution in [-0.4, -0.2) is 55.4 Å². The molecule has 1 amide bonds. The van der Waals surface area contributed by atoms with Gasteiger partial charge in [0, 0.05) is 7.05 Å². The van der Waals surface area contributed by atoms with E-state index in [1.165, 1.54) is 50.1 Å². The second-order valence-corrected chi connectivity index (χ2v) is 7.19. The fourth-order valence-corrected chi connectivity index (χ4v) is 3.76. The summed E-state index contributed by atoms with van der Waals surface area (Å²) in [6.45, 7) is 0. The van der Waals surface area contributed by atoms with Crippen LogP contribution in [0.25, 0.3) is 6.08 Å². The lowest BCUT2D eigenvalue weighted by Crippen LogP contribution is -2.23. The average molecular weight is 428 g/mol. The number of benzene rings is 2. The van der Waals surface area contributed by atoms with Crippen molar-refractivity contribution in [3.05, 3.63) is 52.4 Å². The minimum Gasteiger partial charge on any atom is -0.493 e. The Morgan fingerprint density at radius 3 is 2.17 bits per heavy atom. The van der Waals surface area contributed by atoms with Gasteiger partial charge in [0.05, 0.1) is 37.5 Å². The summed E-state index contributed by atoms with van der Waals surface area (Å²) >= 11 is 1.22. The van der Waals surface area contributed by atoms with Crippen molar-refractivity contribution in [3.63, 3.8) is 0 Å². The summed E-state index contributed by atoms with van der Waals surface area (Å²) in [6, 6.07) is 9.63. The fraction of sp³-hybridized carbons (Fsp3) is 0.190. The number of thioether (sulfide) groups is 1. The van der Waals surface area contributed by atoms with Crippen molar-refractivity contribution in [1.82, 2.24) is 4.90 Å². The van der Waals surface area contributed by atoms with E-state index in [4.69, 9.17) is 19.3 Å². The number of carbonyl (C=O) groups excluding carboxylic acids is 1. The van der Waals surface area contributed by atoms with Gasteiger partial charge in [0.1, 0.15) is 0 Å². The van der Waals surface area contributed by atoms with Crippen LogP contribution in [0.4, 0.5) is 5.69 Å². The molecule has 0 atom stereocenters. The summed E-state index contributed by atoms with van der Waals surface area (Å²) in [4.78, 5) is 30.0. The van der Waals surface area contributed by atoms with Crippen LogP contribution in [-0.2, 0) is 4.79 Å². The molecule has 0 bridgehead atoms. The Kier molecular flexibility index (Phi) is 6.31. The van der Waals surface area contributed by atoms with Crippen LogP contribution in [0.5, 0.6) is 17.2 Å². The molecule has 0 aliphatic carbocycles. The highest BCUT2D eigenvalue weighted by molar-refractivity contribution is 8.18. The van der Waals surface area contributed by atoms with Crippen molar-refractivity contribution >= 4 is 40.6 Å². The summed E-state index contributed by atoms with van der Waals surface area (Å²) in [5.74, 6) is 0.235. The van der Waals surface area contributed by atoms with Crippen LogP contribution in [0.15, 0.2) is 46.3 Å². The lowest BCUT2D eigenvalue weighted by molar-refractivity contribution is -0.121. The number of methoxy groups -OCH3 is 3. The topological polar surface area (TPSA) is 97.7 Å². The number of carboxylic acids is 1. The van der Waals surface area contributed by atoms with E-state index in [2.05, 4.69) is 4.99 Å². The molecule has 1 saturated heterocycles. The van der Waals surface area contributed by atoms with Crippen molar-refractivity contribution in [2.24, 2.45) is 4.99 Å². The number of hydrogen-bond donors (Lipinski definition) is 1. The van der Waals surface area contributed by atoms with Gasteiger partial charge in [-0.2, -0.15) is 0 Å². The third-order valence-corrected chi connectivity index (χ3v) is 5.39. The number of nitrogens with zero attached hydrogens (tertiary/aromatic N) is 2. The zero-order valence-electron chi connectivity index (χ0n) is 16.8. The first kappa shape index (κ1) is 21.3. The first-order valence-electron chi connectivity index (χ1n) is 8.77. The minimum absolute atomic E-state index is 0.172. The number of aliphatic imine (C=N–C) groups is 1. The molecule has 1 heterocycles. The number of amides is 1. The van der Waals surface area contributed by atoms with E-state index in [0.717, 1.165) is 0 Å². The summed E-state index contributed by atoms with van der Waals surface area (Å²) in [5, 5.41) is 9.48. The molecule has 30 heavy (non-hydrogen) atoms. The highest BCUT2D eigenvalue weighted by Crippen LogP contribution is 2.40. The number of amidine groups is 1. The Morgan fingerprint density at radius 2 is 1.67 bits per heavy atom. The lowest BCUT2D eigenvalue weighted by Gasteiger charge is -2.13. The van der Waals surface area contributed by atoms with E-state index in [0.29, 0.717) is 38.6 Å². The average Bonchev–Trinajstić information content (AvgIpc) is 3.01. The third-order valence-electron chi connectivity index (χ3n) is 4.33. The van der Waals surface area contributed by atoms with Crippen molar-refractivity contribution in [3.8, 4) is 17.2 Å². The number of rotatable bonds is 6. The standard InChI is InChI=1S/C21H20N2O6S/c1-23-19(24)17(11-12-9-15(27-2)18(29-4)16(10-12)28-3)30-21(23)22-14-7-5-13(6-8-14)20(25)26/h5-11H,1-4H3,(H,25,26). The van der Waals surface area contributed by atoms with E-state index < -0.39 is 5.97 Å². The van der Waals surface area contributed by atoms with Crippen LogP contribution in [0.3, 0.4) is 0 Å². The Morgan fingerprint density at radius 1 is 1.07 bits per heavy atom. The molecule has 1 N–H and O–H groups in total. The number of hydrogen-bond acceptors (Lipinski definition) is 7. The van der Waals surface area contributed by atoms with Crippen LogP contribution >= 0.6 is 11.8 Å². The van der Waals surface area contributed by atoms with Crippen LogP contribution in [0.1, 0.15) is 15.9 Å². The molecule has 0 unspecified atom stereocenters. The Balaban J connectivity index is 1.92. The summed E-state index contributed by atoms with van der Waals surface area (Å²) < 4.78 is 16.0. The Labute approximate surface area is 177 Å². The fourth-order valence-electron chi connectivity index (χ4n) is 2.78. The molecular formula is C21H20N2O6S. The number of aromatic carboxylic acids is 1. The molecule has 2 aromatic rings. The molecule has 1 fully saturated rings. The number of ether oxygens (including phenoxy) is 3. The maximum atomic E-state index is 12.7. The SMILES string of the molecule is COc1cc(C=C2SC(=Nc3ccc(C(=O)O)cc3)N(C)C2=O)cc(OC)c1OC. The van der Waals surface area contributed by atoms with E-state index in [9.17, 15) is 9.59 Å². The first-order chi connectivity index (χ1) is 14.4. The molecule has 8 nitrogen and oxygen atoms in total. The maximum absolute atomic E-state index is 12.7. The molecule has 0 saturated carbocycles. The van der Waals surface area contributed by atoms with Gasteiger partial charge in [-0.05, 0) is 59.8 Å². The molecule has 3 rings (SSSR count). The molecule has 0 aromatic heterocycles.